The summed E-state index contributed by atoms with van der Waals surface area (Å²) in [7, 11) is 0. The van der Waals surface area contributed by atoms with Gasteiger partial charge in [0.15, 0.2) is 4.34 Å². The smallest absolute Gasteiger partial charge is 0.174 e. The zero-order valence-electron chi connectivity index (χ0n) is 12.2. The molecule has 0 radical (unpaired) electrons. The molecule has 0 atom stereocenters. The van der Waals surface area contributed by atoms with E-state index in [4.69, 9.17) is 0 Å². The lowest BCUT2D eigenvalue weighted by molar-refractivity contribution is 0.675. The van der Waals surface area contributed by atoms with E-state index in [9.17, 15) is 5.26 Å². The lowest BCUT2D eigenvalue weighted by Crippen LogP contribution is -2.13. The maximum atomic E-state index is 9.33. The Morgan fingerprint density at radius 3 is 2.90 bits per heavy atom. The molecule has 0 aliphatic heterocycles. The van der Waals surface area contributed by atoms with Crippen LogP contribution in [0.25, 0.3) is 0 Å². The van der Waals surface area contributed by atoms with Gasteiger partial charge in [-0.15, -0.1) is 0 Å². The lowest BCUT2D eigenvalue weighted by atomic mass is 10.1. The van der Waals surface area contributed by atoms with Crippen molar-refractivity contribution < 1.29 is 0 Å². The number of nitrogens with zero attached hydrogens (tertiary/aromatic N) is 3. The van der Waals surface area contributed by atoms with Crippen LogP contribution in [0.2, 0.25) is 0 Å². The van der Waals surface area contributed by atoms with E-state index < -0.39 is 0 Å². The van der Waals surface area contributed by atoms with Crippen LogP contribution >= 0.6 is 23.3 Å². The van der Waals surface area contributed by atoms with Crippen molar-refractivity contribution >= 4 is 23.3 Å². The predicted octanol–water partition coefficient (Wildman–Crippen LogP) is 3.62. The van der Waals surface area contributed by atoms with Crippen LogP contribution in [0.5, 0.6) is 0 Å². The van der Waals surface area contributed by atoms with Gasteiger partial charge in [-0.05, 0) is 42.2 Å². The molecule has 0 saturated carbocycles. The van der Waals surface area contributed by atoms with Gasteiger partial charge in [-0.2, -0.15) is 9.64 Å². The minimum absolute atomic E-state index is 0.698. The summed E-state index contributed by atoms with van der Waals surface area (Å²) >= 11 is 2.90. The SMILES string of the molecule is CCCNCc1ccc(Sc2nc(CC)ns2)c(C#N)c1. The van der Waals surface area contributed by atoms with E-state index >= 15 is 0 Å². The second kappa shape index (κ2) is 8.13. The van der Waals surface area contributed by atoms with Crippen molar-refractivity contribution in [1.29, 1.82) is 5.26 Å². The normalized spacial score (nSPS) is 10.5. The molecule has 1 aromatic heterocycles. The van der Waals surface area contributed by atoms with E-state index in [1.807, 2.05) is 19.1 Å². The van der Waals surface area contributed by atoms with Crippen molar-refractivity contribution in [3.8, 4) is 6.07 Å². The molecular formula is C15H18N4S2. The Morgan fingerprint density at radius 2 is 2.24 bits per heavy atom. The van der Waals surface area contributed by atoms with Crippen molar-refractivity contribution in [1.82, 2.24) is 14.7 Å². The Labute approximate surface area is 133 Å². The van der Waals surface area contributed by atoms with Gasteiger partial charge < -0.3 is 5.32 Å². The van der Waals surface area contributed by atoms with Gasteiger partial charge in [0.25, 0.3) is 0 Å². The number of aromatic nitrogens is 2. The third-order valence-electron chi connectivity index (χ3n) is 2.88. The molecule has 1 heterocycles. The standard InChI is InChI=1S/C15H18N4S2/c1-3-7-17-10-11-5-6-13(12(8-11)9-16)20-15-18-14(4-2)19-21-15/h5-6,8,17H,3-4,7,10H2,1-2H3. The topological polar surface area (TPSA) is 61.6 Å². The highest BCUT2D eigenvalue weighted by Gasteiger charge is 2.09. The first-order valence-electron chi connectivity index (χ1n) is 7.01. The van der Waals surface area contributed by atoms with Crippen LogP contribution in [0.4, 0.5) is 0 Å². The first-order chi connectivity index (χ1) is 10.3. The van der Waals surface area contributed by atoms with E-state index in [2.05, 4.69) is 33.7 Å². The van der Waals surface area contributed by atoms with Crippen molar-refractivity contribution in [2.75, 3.05) is 6.54 Å². The van der Waals surface area contributed by atoms with Gasteiger partial charge >= 0.3 is 0 Å². The Hall–Kier alpha value is -1.42. The van der Waals surface area contributed by atoms with Crippen LogP contribution in [0.1, 0.15) is 37.2 Å². The predicted molar refractivity (Wildman–Crippen MR) is 86.6 cm³/mol. The quantitative estimate of drug-likeness (QED) is 0.790. The number of rotatable bonds is 7. The Kier molecular flexibility index (Phi) is 6.18. The highest BCUT2D eigenvalue weighted by atomic mass is 32.2. The number of hydrogen-bond donors (Lipinski definition) is 1. The third-order valence-corrected chi connectivity index (χ3v) is 4.75. The van der Waals surface area contributed by atoms with E-state index in [1.54, 1.807) is 0 Å². The summed E-state index contributed by atoms with van der Waals surface area (Å²) in [5, 5.41) is 12.7. The molecule has 0 unspecified atom stereocenters. The highest BCUT2D eigenvalue weighted by molar-refractivity contribution is 8.01. The molecular weight excluding hydrogens is 300 g/mol. The van der Waals surface area contributed by atoms with Gasteiger partial charge in [0.05, 0.1) is 5.56 Å². The number of hydrogen-bond acceptors (Lipinski definition) is 6. The summed E-state index contributed by atoms with van der Waals surface area (Å²) in [5.41, 5.74) is 1.83. The van der Waals surface area contributed by atoms with Crippen LogP contribution in [0.3, 0.4) is 0 Å². The average Bonchev–Trinajstić information content (AvgIpc) is 2.96. The minimum Gasteiger partial charge on any atom is -0.313 e. The molecule has 0 aliphatic carbocycles. The monoisotopic (exact) mass is 318 g/mol. The van der Waals surface area contributed by atoms with Crippen molar-refractivity contribution in [2.24, 2.45) is 0 Å². The molecule has 2 rings (SSSR count). The van der Waals surface area contributed by atoms with Crippen molar-refractivity contribution in [3.05, 3.63) is 35.2 Å². The third kappa shape index (κ3) is 4.53. The molecule has 110 valence electrons. The molecule has 0 aliphatic rings. The zero-order valence-corrected chi connectivity index (χ0v) is 13.9. The van der Waals surface area contributed by atoms with Crippen LogP contribution in [-0.2, 0) is 13.0 Å². The van der Waals surface area contributed by atoms with E-state index in [0.717, 1.165) is 46.6 Å². The minimum atomic E-state index is 0.698. The summed E-state index contributed by atoms with van der Waals surface area (Å²) in [6.45, 7) is 5.96. The van der Waals surface area contributed by atoms with Crippen LogP contribution < -0.4 is 5.32 Å². The Balaban J connectivity index is 2.10. The largest absolute Gasteiger partial charge is 0.313 e. The highest BCUT2D eigenvalue weighted by Crippen LogP contribution is 2.31. The molecule has 1 aromatic carbocycles. The van der Waals surface area contributed by atoms with Crippen LogP contribution in [-0.4, -0.2) is 15.9 Å². The molecule has 0 amide bonds. The fourth-order valence-corrected chi connectivity index (χ4v) is 3.51. The molecule has 4 nitrogen and oxygen atoms in total. The molecule has 1 N–H and O–H groups in total. The fourth-order valence-electron chi connectivity index (χ4n) is 1.79. The van der Waals surface area contributed by atoms with Gasteiger partial charge in [-0.1, -0.05) is 31.7 Å². The lowest BCUT2D eigenvalue weighted by Gasteiger charge is -2.06. The summed E-state index contributed by atoms with van der Waals surface area (Å²) in [4.78, 5) is 5.37. The first kappa shape index (κ1) is 16.0. The Morgan fingerprint density at radius 1 is 1.38 bits per heavy atom. The van der Waals surface area contributed by atoms with Crippen LogP contribution in [0.15, 0.2) is 27.4 Å². The molecule has 0 spiro atoms. The summed E-state index contributed by atoms with van der Waals surface area (Å²) < 4.78 is 5.16. The molecule has 21 heavy (non-hydrogen) atoms. The maximum absolute atomic E-state index is 9.33. The van der Waals surface area contributed by atoms with Crippen molar-refractivity contribution in [2.45, 2.75) is 42.5 Å². The molecule has 0 fully saturated rings. The molecule has 0 bridgehead atoms. The van der Waals surface area contributed by atoms with Crippen molar-refractivity contribution in [3.63, 3.8) is 0 Å². The number of aryl methyl sites for hydroxylation is 1. The zero-order chi connectivity index (χ0) is 15.1. The average molecular weight is 318 g/mol. The number of nitrogens with one attached hydrogen (secondary N) is 1. The second-order valence-electron chi connectivity index (χ2n) is 4.55. The van der Waals surface area contributed by atoms with Gasteiger partial charge in [0, 0.05) is 17.9 Å². The molecule has 2 aromatic rings. The molecule has 0 saturated heterocycles. The van der Waals surface area contributed by atoms with Gasteiger partial charge in [0.2, 0.25) is 0 Å². The first-order valence-corrected chi connectivity index (χ1v) is 8.60. The van der Waals surface area contributed by atoms with Gasteiger partial charge in [-0.25, -0.2) is 4.98 Å². The summed E-state index contributed by atoms with van der Waals surface area (Å²) in [6.07, 6.45) is 1.94. The fraction of sp³-hybridized carbons (Fsp3) is 0.400. The van der Waals surface area contributed by atoms with Crippen LogP contribution in [0, 0.1) is 11.3 Å². The van der Waals surface area contributed by atoms with E-state index in [-0.39, 0.29) is 0 Å². The van der Waals surface area contributed by atoms with E-state index in [1.165, 1.54) is 23.3 Å². The van der Waals surface area contributed by atoms with Gasteiger partial charge in [0.1, 0.15) is 11.9 Å². The number of nitriles is 1. The second-order valence-corrected chi connectivity index (χ2v) is 6.59. The van der Waals surface area contributed by atoms with E-state index in [0.29, 0.717) is 5.56 Å². The Bertz CT molecular complexity index is 631. The molecule has 6 heteroatoms. The number of benzene rings is 1. The summed E-state index contributed by atoms with van der Waals surface area (Å²) in [6, 6.07) is 8.29. The maximum Gasteiger partial charge on any atom is 0.174 e. The summed E-state index contributed by atoms with van der Waals surface area (Å²) in [5.74, 6) is 0.862. The van der Waals surface area contributed by atoms with Gasteiger partial charge in [-0.3, -0.25) is 0 Å².